The lowest BCUT2D eigenvalue weighted by molar-refractivity contribution is -0.663. The minimum atomic E-state index is 0. The molecule has 0 fully saturated rings. The maximum absolute atomic E-state index is 8.94. The standard InChI is InChI=1S/C18H21N2O.BrH/c21-13-7-6-12-19-15-20(14-16-8-2-1-3-9-16)18-11-5-4-10-17(18)19;/h1-5,8-11,15,21H,6-7,12-14H2;1H/q+1;/p-1. The third-order valence-corrected chi connectivity index (χ3v) is 3.78. The van der Waals surface area contributed by atoms with Gasteiger partial charge in [-0.15, -0.1) is 0 Å². The van der Waals surface area contributed by atoms with E-state index in [1.54, 1.807) is 0 Å². The largest absolute Gasteiger partial charge is 1.00 e. The number of aryl methyl sites for hydroxylation is 1. The van der Waals surface area contributed by atoms with Crippen LogP contribution < -0.4 is 21.5 Å². The molecule has 1 N–H and O–H groups in total. The van der Waals surface area contributed by atoms with Gasteiger partial charge in [-0.05, 0) is 30.5 Å². The fourth-order valence-corrected chi connectivity index (χ4v) is 2.72. The summed E-state index contributed by atoms with van der Waals surface area (Å²) in [6.45, 7) is 2.10. The highest BCUT2D eigenvalue weighted by atomic mass is 79.9. The van der Waals surface area contributed by atoms with Crippen molar-refractivity contribution in [1.82, 2.24) is 4.57 Å². The van der Waals surface area contributed by atoms with Crippen LogP contribution >= 0.6 is 0 Å². The topological polar surface area (TPSA) is 29.0 Å². The number of aromatic nitrogens is 2. The van der Waals surface area contributed by atoms with Crippen molar-refractivity contribution >= 4 is 11.0 Å². The first-order valence-corrected chi connectivity index (χ1v) is 7.50. The summed E-state index contributed by atoms with van der Waals surface area (Å²) >= 11 is 0. The first kappa shape index (κ1) is 16.7. The molecule has 22 heavy (non-hydrogen) atoms. The molecule has 0 aliphatic rings. The number of aliphatic hydroxyl groups excluding tert-OH is 1. The normalized spacial score (nSPS) is 10.6. The fourth-order valence-electron chi connectivity index (χ4n) is 2.72. The average molecular weight is 361 g/mol. The van der Waals surface area contributed by atoms with Gasteiger partial charge < -0.3 is 22.1 Å². The molecule has 3 rings (SSSR count). The highest BCUT2D eigenvalue weighted by Crippen LogP contribution is 2.12. The SMILES string of the molecule is OCCCCn1c[n+](Cc2ccccc2)c2ccccc21.[Br-]. The van der Waals surface area contributed by atoms with Crippen molar-refractivity contribution in [1.29, 1.82) is 0 Å². The van der Waals surface area contributed by atoms with E-state index < -0.39 is 0 Å². The van der Waals surface area contributed by atoms with Crippen LogP contribution in [-0.4, -0.2) is 16.3 Å². The molecule has 0 saturated carbocycles. The molecule has 3 nitrogen and oxygen atoms in total. The van der Waals surface area contributed by atoms with Crippen molar-refractivity contribution in [3.8, 4) is 0 Å². The smallest absolute Gasteiger partial charge is 0.245 e. The van der Waals surface area contributed by atoms with Crippen LogP contribution in [0, 0.1) is 0 Å². The Labute approximate surface area is 141 Å². The van der Waals surface area contributed by atoms with Gasteiger partial charge in [0, 0.05) is 6.61 Å². The summed E-state index contributed by atoms with van der Waals surface area (Å²) in [6.07, 6.45) is 4.04. The van der Waals surface area contributed by atoms with Gasteiger partial charge >= 0.3 is 0 Å². The highest BCUT2D eigenvalue weighted by Gasteiger charge is 2.14. The third-order valence-electron chi connectivity index (χ3n) is 3.78. The Morgan fingerprint density at radius 1 is 0.909 bits per heavy atom. The lowest BCUT2D eigenvalue weighted by atomic mass is 10.2. The summed E-state index contributed by atoms with van der Waals surface area (Å²) in [5, 5.41) is 8.94. The van der Waals surface area contributed by atoms with Gasteiger partial charge in [0.15, 0.2) is 11.0 Å². The van der Waals surface area contributed by atoms with Crippen LogP contribution in [0.1, 0.15) is 18.4 Å². The lowest BCUT2D eigenvalue weighted by Gasteiger charge is -1.98. The molecule has 116 valence electrons. The zero-order valence-electron chi connectivity index (χ0n) is 12.5. The van der Waals surface area contributed by atoms with Crippen LogP contribution in [0.25, 0.3) is 11.0 Å². The Bertz CT molecular complexity index is 709. The molecule has 0 bridgehead atoms. The van der Waals surface area contributed by atoms with Crippen molar-refractivity contribution in [3.05, 3.63) is 66.5 Å². The van der Waals surface area contributed by atoms with E-state index in [4.69, 9.17) is 5.11 Å². The number of halogens is 1. The molecule has 4 heteroatoms. The summed E-state index contributed by atoms with van der Waals surface area (Å²) in [7, 11) is 0. The van der Waals surface area contributed by atoms with Crippen molar-refractivity contribution in [2.24, 2.45) is 0 Å². The molecule has 0 aliphatic carbocycles. The molecule has 0 saturated heterocycles. The zero-order valence-corrected chi connectivity index (χ0v) is 14.1. The maximum Gasteiger partial charge on any atom is 0.245 e. The van der Waals surface area contributed by atoms with E-state index >= 15 is 0 Å². The maximum atomic E-state index is 8.94. The van der Waals surface area contributed by atoms with E-state index in [0.717, 1.165) is 25.9 Å². The first-order chi connectivity index (χ1) is 10.4. The molecule has 3 aromatic rings. The molecule has 0 radical (unpaired) electrons. The van der Waals surface area contributed by atoms with Crippen LogP contribution in [0.3, 0.4) is 0 Å². The van der Waals surface area contributed by atoms with E-state index in [1.807, 2.05) is 6.07 Å². The molecular weight excluding hydrogens is 340 g/mol. The zero-order chi connectivity index (χ0) is 14.5. The number of unbranched alkanes of at least 4 members (excludes halogenated alkanes) is 1. The number of para-hydroxylation sites is 2. The Balaban J connectivity index is 0.00000176. The van der Waals surface area contributed by atoms with Crippen LogP contribution in [0.15, 0.2) is 60.9 Å². The molecular formula is C18H21BrN2O. The second-order valence-electron chi connectivity index (χ2n) is 5.34. The van der Waals surface area contributed by atoms with Gasteiger partial charge in [-0.1, -0.05) is 42.5 Å². The molecule has 1 aromatic heterocycles. The van der Waals surface area contributed by atoms with Crippen LogP contribution in [0.5, 0.6) is 0 Å². The van der Waals surface area contributed by atoms with E-state index in [1.165, 1.54) is 16.6 Å². The van der Waals surface area contributed by atoms with Gasteiger partial charge in [-0.2, -0.15) is 0 Å². The average Bonchev–Trinajstić information content (AvgIpc) is 2.87. The van der Waals surface area contributed by atoms with E-state index in [9.17, 15) is 0 Å². The van der Waals surface area contributed by atoms with Crippen molar-refractivity contribution in [3.63, 3.8) is 0 Å². The first-order valence-electron chi connectivity index (χ1n) is 7.50. The van der Waals surface area contributed by atoms with Gasteiger partial charge in [0.1, 0.15) is 6.54 Å². The van der Waals surface area contributed by atoms with E-state index in [2.05, 4.69) is 64.0 Å². The molecule has 0 atom stereocenters. The number of hydrogen-bond acceptors (Lipinski definition) is 1. The van der Waals surface area contributed by atoms with Crippen LogP contribution in [0.2, 0.25) is 0 Å². The Morgan fingerprint density at radius 2 is 1.64 bits per heavy atom. The minimum Gasteiger partial charge on any atom is -1.00 e. The second-order valence-corrected chi connectivity index (χ2v) is 5.34. The number of nitrogens with zero attached hydrogens (tertiary/aromatic N) is 2. The molecule has 1 heterocycles. The Kier molecular flexibility index (Phi) is 6.16. The van der Waals surface area contributed by atoms with Gasteiger partial charge in [0.2, 0.25) is 6.33 Å². The van der Waals surface area contributed by atoms with Crippen LogP contribution in [-0.2, 0) is 13.1 Å². The monoisotopic (exact) mass is 360 g/mol. The van der Waals surface area contributed by atoms with Crippen molar-refractivity contribution in [2.75, 3.05) is 6.61 Å². The van der Waals surface area contributed by atoms with Gasteiger partial charge in [0.25, 0.3) is 0 Å². The fraction of sp³-hybridized carbons (Fsp3) is 0.278. The number of imidazole rings is 1. The quantitative estimate of drug-likeness (QED) is 0.476. The number of benzene rings is 2. The van der Waals surface area contributed by atoms with Gasteiger partial charge in [-0.25, -0.2) is 9.13 Å². The molecule has 0 unspecified atom stereocenters. The number of hydrogen-bond donors (Lipinski definition) is 1. The lowest BCUT2D eigenvalue weighted by Crippen LogP contribution is -3.00. The predicted molar refractivity (Wildman–Crippen MR) is 84.0 cm³/mol. The Morgan fingerprint density at radius 3 is 2.41 bits per heavy atom. The van der Waals surface area contributed by atoms with E-state index in [-0.39, 0.29) is 23.6 Å². The molecule has 0 spiro atoms. The summed E-state index contributed by atoms with van der Waals surface area (Å²) in [5.74, 6) is 0. The predicted octanol–water partition coefficient (Wildman–Crippen LogP) is -0.246. The molecule has 0 amide bonds. The number of fused-ring (bicyclic) bond motifs is 1. The molecule has 2 aromatic carbocycles. The number of aliphatic hydroxyl groups is 1. The van der Waals surface area contributed by atoms with Crippen molar-refractivity contribution in [2.45, 2.75) is 25.9 Å². The summed E-state index contributed by atoms with van der Waals surface area (Å²) < 4.78 is 4.58. The van der Waals surface area contributed by atoms with E-state index in [0.29, 0.717) is 0 Å². The van der Waals surface area contributed by atoms with Gasteiger partial charge in [0.05, 0.1) is 6.54 Å². The summed E-state index contributed by atoms with van der Waals surface area (Å²) in [4.78, 5) is 0. The third kappa shape index (κ3) is 3.76. The van der Waals surface area contributed by atoms with Gasteiger partial charge in [-0.3, -0.25) is 0 Å². The summed E-state index contributed by atoms with van der Waals surface area (Å²) in [6, 6.07) is 19.0. The van der Waals surface area contributed by atoms with Crippen molar-refractivity contribution < 1.29 is 26.7 Å². The summed E-state index contributed by atoms with van der Waals surface area (Å²) in [5.41, 5.74) is 3.82. The second kappa shape index (κ2) is 8.11. The van der Waals surface area contributed by atoms with Crippen LogP contribution in [0.4, 0.5) is 0 Å². The number of rotatable bonds is 6. The molecule has 0 aliphatic heterocycles. The minimum absolute atomic E-state index is 0. The Hall–Kier alpha value is -1.65. The highest BCUT2D eigenvalue weighted by molar-refractivity contribution is 5.71.